The number of anilines is 1. The van der Waals surface area contributed by atoms with E-state index in [9.17, 15) is 0 Å². The van der Waals surface area contributed by atoms with Gasteiger partial charge in [0.25, 0.3) is 0 Å². The molecule has 4 heteroatoms. The van der Waals surface area contributed by atoms with E-state index in [1.165, 1.54) is 0 Å². The molecule has 2 atom stereocenters. The van der Waals surface area contributed by atoms with Gasteiger partial charge in [0.15, 0.2) is 0 Å². The number of rotatable bonds is 0. The lowest BCUT2D eigenvalue weighted by molar-refractivity contribution is 0.633. The van der Waals surface area contributed by atoms with Gasteiger partial charge in [-0.05, 0) is 6.92 Å². The van der Waals surface area contributed by atoms with Crippen LogP contribution in [0.3, 0.4) is 0 Å². The summed E-state index contributed by atoms with van der Waals surface area (Å²) in [5.41, 5.74) is 1.94. The first-order valence-electron chi connectivity index (χ1n) is 4.59. The molecule has 0 aliphatic carbocycles. The van der Waals surface area contributed by atoms with Crippen LogP contribution in [0.15, 0.2) is 29.8 Å². The first kappa shape index (κ1) is 7.67. The minimum absolute atomic E-state index is 0.132. The van der Waals surface area contributed by atoms with Crippen LogP contribution in [0.1, 0.15) is 18.5 Å². The lowest BCUT2D eigenvalue weighted by atomic mass is 9.86. The number of aromatic nitrogens is 2. The van der Waals surface area contributed by atoms with E-state index in [1.54, 1.807) is 6.33 Å². The highest BCUT2D eigenvalue weighted by Gasteiger charge is 2.41. The van der Waals surface area contributed by atoms with E-state index in [2.05, 4.69) is 33.3 Å². The highest BCUT2D eigenvalue weighted by molar-refractivity contribution is 5.83. The van der Waals surface area contributed by atoms with Crippen LogP contribution in [0.2, 0.25) is 0 Å². The maximum absolute atomic E-state index is 4.30. The van der Waals surface area contributed by atoms with Crippen LogP contribution in [-0.2, 0) is 0 Å². The van der Waals surface area contributed by atoms with E-state index in [1.807, 2.05) is 18.6 Å². The molecule has 1 aromatic rings. The molecule has 1 aromatic heterocycles. The zero-order valence-corrected chi connectivity index (χ0v) is 7.81. The molecular weight excluding hydrogens is 176 g/mol. The lowest BCUT2D eigenvalue weighted by Crippen LogP contribution is -2.38. The summed E-state index contributed by atoms with van der Waals surface area (Å²) in [5, 5.41) is 3.39. The van der Waals surface area contributed by atoms with Crippen LogP contribution < -0.4 is 5.32 Å². The summed E-state index contributed by atoms with van der Waals surface area (Å²) in [4.78, 5) is 12.5. The van der Waals surface area contributed by atoms with Gasteiger partial charge in [0.05, 0.1) is 29.0 Å². The largest absolute Gasteiger partial charge is 0.371 e. The van der Waals surface area contributed by atoms with Crippen molar-refractivity contribution in [3.8, 4) is 0 Å². The predicted octanol–water partition coefficient (Wildman–Crippen LogP) is 1.34. The minimum Gasteiger partial charge on any atom is -0.371 e. The molecule has 0 aromatic carbocycles. The normalized spacial score (nSPS) is 32.2. The van der Waals surface area contributed by atoms with Crippen molar-refractivity contribution in [2.24, 2.45) is 4.99 Å². The molecule has 4 nitrogen and oxygen atoms in total. The summed E-state index contributed by atoms with van der Waals surface area (Å²) in [5.74, 6) is 0.276. The molecule has 0 fully saturated rings. The van der Waals surface area contributed by atoms with Crippen molar-refractivity contribution in [2.45, 2.75) is 18.4 Å². The standard InChI is InChI=1S/C10H10N4/c1-10-5-11-3-2-7(10)9-8(14-10)4-12-6-13-9/h2-7,14H,1H3. The number of nitrogens with zero attached hydrogens (tertiary/aromatic N) is 3. The summed E-state index contributed by atoms with van der Waals surface area (Å²) in [6, 6.07) is 0. The molecule has 0 spiro atoms. The van der Waals surface area contributed by atoms with Gasteiger partial charge in [0, 0.05) is 12.4 Å². The Morgan fingerprint density at radius 1 is 1.50 bits per heavy atom. The van der Waals surface area contributed by atoms with E-state index >= 15 is 0 Å². The van der Waals surface area contributed by atoms with Crippen LogP contribution in [0.4, 0.5) is 5.69 Å². The first-order chi connectivity index (χ1) is 6.80. The maximum atomic E-state index is 4.30. The molecule has 14 heavy (non-hydrogen) atoms. The van der Waals surface area contributed by atoms with Crippen LogP contribution >= 0.6 is 0 Å². The number of fused-ring (bicyclic) bond motifs is 3. The summed E-state index contributed by atoms with van der Waals surface area (Å²) in [6.45, 7) is 2.12. The zero-order chi connectivity index (χ0) is 9.60. The average Bonchev–Trinajstić information content (AvgIpc) is 2.49. The third-order valence-electron chi connectivity index (χ3n) is 2.80. The van der Waals surface area contributed by atoms with Crippen molar-refractivity contribution in [1.29, 1.82) is 0 Å². The van der Waals surface area contributed by atoms with Gasteiger partial charge in [-0.2, -0.15) is 0 Å². The SMILES string of the molecule is CC12C=NC=CC1c1ncncc1N2. The highest BCUT2D eigenvalue weighted by atomic mass is 15.1. The Morgan fingerprint density at radius 3 is 3.36 bits per heavy atom. The van der Waals surface area contributed by atoms with E-state index in [-0.39, 0.29) is 11.5 Å². The van der Waals surface area contributed by atoms with Crippen molar-refractivity contribution >= 4 is 11.9 Å². The molecule has 2 aliphatic heterocycles. The van der Waals surface area contributed by atoms with Crippen LogP contribution in [0, 0.1) is 0 Å². The average molecular weight is 186 g/mol. The summed E-state index contributed by atoms with van der Waals surface area (Å²) < 4.78 is 0. The van der Waals surface area contributed by atoms with Crippen molar-refractivity contribution in [2.75, 3.05) is 5.32 Å². The fourth-order valence-electron chi connectivity index (χ4n) is 2.07. The third kappa shape index (κ3) is 0.852. The monoisotopic (exact) mass is 186 g/mol. The Morgan fingerprint density at radius 2 is 2.43 bits per heavy atom. The quantitative estimate of drug-likeness (QED) is 0.665. The lowest BCUT2D eigenvalue weighted by Gasteiger charge is -2.27. The fraction of sp³-hybridized carbons (Fsp3) is 0.300. The molecular formula is C10H10N4. The van der Waals surface area contributed by atoms with Crippen LogP contribution in [-0.4, -0.2) is 21.7 Å². The van der Waals surface area contributed by atoms with Gasteiger partial charge >= 0.3 is 0 Å². The Kier molecular flexibility index (Phi) is 1.32. The van der Waals surface area contributed by atoms with Gasteiger partial charge in [0.1, 0.15) is 6.33 Å². The second kappa shape index (κ2) is 2.41. The molecule has 0 saturated carbocycles. The number of nitrogens with one attached hydrogen (secondary N) is 1. The Labute approximate surface area is 81.8 Å². The molecule has 0 radical (unpaired) electrons. The van der Waals surface area contributed by atoms with Gasteiger partial charge in [0.2, 0.25) is 0 Å². The molecule has 3 rings (SSSR count). The highest BCUT2D eigenvalue weighted by Crippen LogP contribution is 2.41. The zero-order valence-electron chi connectivity index (χ0n) is 7.81. The van der Waals surface area contributed by atoms with Crippen LogP contribution in [0.25, 0.3) is 0 Å². The summed E-state index contributed by atoms with van der Waals surface area (Å²) in [6.07, 6.45) is 9.23. The Bertz CT molecular complexity index is 438. The number of hydrogen-bond donors (Lipinski definition) is 1. The molecule has 2 aliphatic rings. The van der Waals surface area contributed by atoms with Crippen LogP contribution in [0.5, 0.6) is 0 Å². The van der Waals surface area contributed by atoms with Gasteiger partial charge < -0.3 is 5.32 Å². The first-order valence-corrected chi connectivity index (χ1v) is 4.59. The van der Waals surface area contributed by atoms with Crippen molar-refractivity contribution in [1.82, 2.24) is 9.97 Å². The molecule has 0 saturated heterocycles. The van der Waals surface area contributed by atoms with Gasteiger partial charge in [-0.15, -0.1) is 0 Å². The second-order valence-electron chi connectivity index (χ2n) is 3.83. The fourth-order valence-corrected chi connectivity index (χ4v) is 2.07. The topological polar surface area (TPSA) is 50.2 Å². The predicted molar refractivity (Wildman–Crippen MR) is 54.4 cm³/mol. The van der Waals surface area contributed by atoms with Gasteiger partial charge in [-0.1, -0.05) is 6.08 Å². The summed E-state index contributed by atoms with van der Waals surface area (Å²) in [7, 11) is 0. The smallest absolute Gasteiger partial charge is 0.115 e. The molecule has 3 heterocycles. The molecule has 2 unspecified atom stereocenters. The number of aliphatic imine (C=N–C) groups is 1. The summed E-state index contributed by atoms with van der Waals surface area (Å²) >= 11 is 0. The van der Waals surface area contributed by atoms with Crippen molar-refractivity contribution in [3.05, 3.63) is 30.5 Å². The molecule has 1 N–H and O–H groups in total. The number of hydrogen-bond acceptors (Lipinski definition) is 4. The Hall–Kier alpha value is -1.71. The van der Waals surface area contributed by atoms with Gasteiger partial charge in [-0.25, -0.2) is 9.97 Å². The maximum Gasteiger partial charge on any atom is 0.115 e. The van der Waals surface area contributed by atoms with E-state index < -0.39 is 0 Å². The molecule has 70 valence electrons. The minimum atomic E-state index is -0.132. The van der Waals surface area contributed by atoms with Crippen molar-refractivity contribution < 1.29 is 0 Å². The third-order valence-corrected chi connectivity index (χ3v) is 2.80. The Balaban J connectivity index is 2.18. The molecule has 0 amide bonds. The van der Waals surface area contributed by atoms with E-state index in [0.717, 1.165) is 11.4 Å². The van der Waals surface area contributed by atoms with Gasteiger partial charge in [-0.3, -0.25) is 4.99 Å². The van der Waals surface area contributed by atoms with E-state index in [0.29, 0.717) is 0 Å². The van der Waals surface area contributed by atoms with E-state index in [4.69, 9.17) is 0 Å². The second-order valence-corrected chi connectivity index (χ2v) is 3.83. The van der Waals surface area contributed by atoms with Crippen molar-refractivity contribution in [3.63, 3.8) is 0 Å². The molecule has 0 bridgehead atoms.